The molecule has 2 heterocycles. The molecule has 0 radical (unpaired) electrons. The summed E-state index contributed by atoms with van der Waals surface area (Å²) in [7, 11) is 0. The molecule has 0 atom stereocenters. The molecule has 0 fully saturated rings. The number of aromatic amines is 1. The number of hydrogen-bond acceptors (Lipinski definition) is 3. The van der Waals surface area contributed by atoms with Crippen molar-refractivity contribution in [1.82, 2.24) is 14.8 Å². The van der Waals surface area contributed by atoms with Gasteiger partial charge in [0.15, 0.2) is 0 Å². The van der Waals surface area contributed by atoms with Crippen molar-refractivity contribution >= 4 is 27.9 Å². The summed E-state index contributed by atoms with van der Waals surface area (Å²) in [6.45, 7) is 0. The fraction of sp³-hybridized carbons (Fsp3) is 0. The van der Waals surface area contributed by atoms with Crippen molar-refractivity contribution in [1.29, 1.82) is 0 Å². The van der Waals surface area contributed by atoms with Crippen LogP contribution in [0.1, 0.15) is 0 Å². The molecule has 0 aliphatic rings. The fourth-order valence-corrected chi connectivity index (χ4v) is 1.91. The molecule has 2 N–H and O–H groups in total. The summed E-state index contributed by atoms with van der Waals surface area (Å²) in [5.74, 6) is 0. The largest absolute Gasteiger partial charge is 0.463 e. The number of fused-ring (bicyclic) bond motifs is 3. The summed E-state index contributed by atoms with van der Waals surface area (Å²) in [4.78, 5) is 25.4. The lowest BCUT2D eigenvalue weighted by Crippen LogP contribution is -2.11. The lowest BCUT2D eigenvalue weighted by atomic mass is 10.2. The van der Waals surface area contributed by atoms with Gasteiger partial charge in [-0.05, 0) is 6.07 Å². The molecule has 1 aromatic carbocycles. The molecule has 6 heteroatoms. The topological polar surface area (TPSA) is 88.0 Å². The van der Waals surface area contributed by atoms with Gasteiger partial charge in [0.05, 0.1) is 22.6 Å². The Morgan fingerprint density at radius 2 is 2.06 bits per heavy atom. The number of H-pyrrole nitrogens is 1. The first-order valence-corrected chi connectivity index (χ1v) is 4.90. The first kappa shape index (κ1) is 9.59. The van der Waals surface area contributed by atoms with Gasteiger partial charge in [-0.1, -0.05) is 18.2 Å². The first-order chi connectivity index (χ1) is 8.18. The van der Waals surface area contributed by atoms with Crippen LogP contribution in [-0.4, -0.2) is 26.0 Å². The molecule has 0 unspecified atom stereocenters. The summed E-state index contributed by atoms with van der Waals surface area (Å²) >= 11 is 0. The van der Waals surface area contributed by atoms with Crippen LogP contribution in [0.15, 0.2) is 35.3 Å². The molecular formula is C11H7N3O3. The van der Waals surface area contributed by atoms with Gasteiger partial charge < -0.3 is 10.1 Å². The van der Waals surface area contributed by atoms with Gasteiger partial charge in [0.2, 0.25) is 0 Å². The van der Waals surface area contributed by atoms with Crippen LogP contribution in [0.4, 0.5) is 4.79 Å². The van der Waals surface area contributed by atoms with E-state index in [1.54, 1.807) is 24.3 Å². The molecular weight excluding hydrogens is 222 g/mol. The van der Waals surface area contributed by atoms with Gasteiger partial charge in [0.1, 0.15) is 0 Å². The van der Waals surface area contributed by atoms with E-state index in [-0.39, 0.29) is 10.9 Å². The van der Waals surface area contributed by atoms with E-state index in [0.717, 1.165) is 4.68 Å². The maximum atomic E-state index is 11.7. The SMILES string of the molecule is O=C(O)n1ncc2c(=O)[nH]c3ccccc3c21. The van der Waals surface area contributed by atoms with E-state index in [0.29, 0.717) is 16.4 Å². The molecule has 3 rings (SSSR count). The molecule has 6 nitrogen and oxygen atoms in total. The Balaban J connectivity index is 2.65. The molecule has 0 aliphatic heterocycles. The Morgan fingerprint density at radius 3 is 2.82 bits per heavy atom. The van der Waals surface area contributed by atoms with Crippen molar-refractivity contribution in [3.63, 3.8) is 0 Å². The maximum absolute atomic E-state index is 11.7. The average molecular weight is 229 g/mol. The molecule has 0 saturated heterocycles. The first-order valence-electron chi connectivity index (χ1n) is 4.90. The Morgan fingerprint density at radius 1 is 1.29 bits per heavy atom. The van der Waals surface area contributed by atoms with E-state index in [9.17, 15) is 9.59 Å². The molecule has 0 aliphatic carbocycles. The Kier molecular flexibility index (Phi) is 1.79. The zero-order valence-corrected chi connectivity index (χ0v) is 8.54. The smallest absolute Gasteiger partial charge is 0.432 e. The molecule has 0 bridgehead atoms. The zero-order valence-electron chi connectivity index (χ0n) is 8.54. The third-order valence-corrected chi connectivity index (χ3v) is 2.63. The number of benzene rings is 1. The van der Waals surface area contributed by atoms with Crippen LogP contribution in [0.2, 0.25) is 0 Å². The lowest BCUT2D eigenvalue weighted by Gasteiger charge is -2.01. The lowest BCUT2D eigenvalue weighted by molar-refractivity contribution is 0.194. The number of pyridine rings is 1. The van der Waals surface area contributed by atoms with E-state index >= 15 is 0 Å². The van der Waals surface area contributed by atoms with Crippen molar-refractivity contribution in [3.05, 3.63) is 40.8 Å². The number of carboxylic acid groups (broad SMARTS) is 1. The van der Waals surface area contributed by atoms with Gasteiger partial charge in [0.25, 0.3) is 5.56 Å². The average Bonchev–Trinajstić information content (AvgIpc) is 2.74. The minimum atomic E-state index is -1.21. The van der Waals surface area contributed by atoms with E-state index in [2.05, 4.69) is 10.1 Å². The van der Waals surface area contributed by atoms with E-state index in [1.807, 2.05) is 0 Å². The highest BCUT2D eigenvalue weighted by Gasteiger charge is 2.14. The van der Waals surface area contributed by atoms with E-state index in [1.165, 1.54) is 6.20 Å². The predicted octanol–water partition coefficient (Wildman–Crippen LogP) is 1.40. The van der Waals surface area contributed by atoms with E-state index < -0.39 is 6.09 Å². The minimum Gasteiger partial charge on any atom is -0.463 e. The van der Waals surface area contributed by atoms with Crippen molar-refractivity contribution in [2.45, 2.75) is 0 Å². The zero-order chi connectivity index (χ0) is 12.0. The Hall–Kier alpha value is -2.63. The monoisotopic (exact) mass is 229 g/mol. The second kappa shape index (κ2) is 3.18. The third kappa shape index (κ3) is 1.24. The maximum Gasteiger partial charge on any atom is 0.432 e. The fourth-order valence-electron chi connectivity index (χ4n) is 1.91. The third-order valence-electron chi connectivity index (χ3n) is 2.63. The van der Waals surface area contributed by atoms with Crippen LogP contribution in [0.5, 0.6) is 0 Å². The molecule has 2 aromatic heterocycles. The van der Waals surface area contributed by atoms with Gasteiger partial charge in [-0.15, -0.1) is 0 Å². The second-order valence-corrected chi connectivity index (χ2v) is 3.60. The van der Waals surface area contributed by atoms with Crippen molar-refractivity contribution in [2.24, 2.45) is 0 Å². The number of aromatic nitrogens is 3. The highest BCUT2D eigenvalue weighted by atomic mass is 16.4. The summed E-state index contributed by atoms with van der Waals surface area (Å²) in [6.07, 6.45) is 0.0464. The highest BCUT2D eigenvalue weighted by molar-refractivity contribution is 6.05. The van der Waals surface area contributed by atoms with Gasteiger partial charge in [-0.25, -0.2) is 4.79 Å². The summed E-state index contributed by atoms with van der Waals surface area (Å²) in [6, 6.07) is 7.01. The second-order valence-electron chi connectivity index (χ2n) is 3.60. The Bertz CT molecular complexity index is 800. The van der Waals surface area contributed by atoms with Crippen LogP contribution in [-0.2, 0) is 0 Å². The van der Waals surface area contributed by atoms with Gasteiger partial charge in [-0.2, -0.15) is 9.78 Å². The van der Waals surface area contributed by atoms with Crippen LogP contribution in [0.3, 0.4) is 0 Å². The van der Waals surface area contributed by atoms with Crippen molar-refractivity contribution in [3.8, 4) is 0 Å². The van der Waals surface area contributed by atoms with Crippen LogP contribution >= 0.6 is 0 Å². The summed E-state index contributed by atoms with van der Waals surface area (Å²) in [5, 5.41) is 13.6. The predicted molar refractivity (Wildman–Crippen MR) is 61.3 cm³/mol. The number of nitrogens with zero attached hydrogens (tertiary/aromatic N) is 2. The minimum absolute atomic E-state index is 0.270. The van der Waals surface area contributed by atoms with Gasteiger partial charge >= 0.3 is 6.09 Å². The Labute approximate surface area is 94.1 Å². The molecule has 3 aromatic rings. The number of hydrogen-bond donors (Lipinski definition) is 2. The quantitative estimate of drug-likeness (QED) is 0.610. The van der Waals surface area contributed by atoms with Crippen LogP contribution in [0.25, 0.3) is 21.8 Å². The van der Waals surface area contributed by atoms with Crippen LogP contribution < -0.4 is 5.56 Å². The van der Waals surface area contributed by atoms with Crippen molar-refractivity contribution in [2.75, 3.05) is 0 Å². The molecule has 0 amide bonds. The van der Waals surface area contributed by atoms with Crippen molar-refractivity contribution < 1.29 is 9.90 Å². The normalized spacial score (nSPS) is 11.1. The summed E-state index contributed by atoms with van der Waals surface area (Å²) in [5.41, 5.74) is 0.566. The summed E-state index contributed by atoms with van der Waals surface area (Å²) < 4.78 is 0.812. The molecule has 17 heavy (non-hydrogen) atoms. The molecule has 84 valence electrons. The van der Waals surface area contributed by atoms with Gasteiger partial charge in [0, 0.05) is 5.39 Å². The standard InChI is InChI=1S/C11H7N3O3/c15-10-7-5-12-14(11(16)17)9(7)6-3-1-2-4-8(6)13-10/h1-5H,(H,13,15)(H,16,17). The molecule has 0 spiro atoms. The van der Waals surface area contributed by atoms with E-state index in [4.69, 9.17) is 5.11 Å². The number of para-hydroxylation sites is 1. The highest BCUT2D eigenvalue weighted by Crippen LogP contribution is 2.20. The van der Waals surface area contributed by atoms with Crippen LogP contribution in [0, 0.1) is 0 Å². The number of nitrogens with one attached hydrogen (secondary N) is 1. The van der Waals surface area contributed by atoms with Gasteiger partial charge in [-0.3, -0.25) is 4.79 Å². The molecule has 0 saturated carbocycles. The number of rotatable bonds is 0. The number of carbonyl (C=O) groups is 1.